The van der Waals surface area contributed by atoms with Crippen molar-refractivity contribution in [3.8, 4) is 0 Å². The molecule has 6 nitrogen and oxygen atoms in total. The van der Waals surface area contributed by atoms with Crippen molar-refractivity contribution in [1.29, 1.82) is 0 Å². The molecule has 0 radical (unpaired) electrons. The van der Waals surface area contributed by atoms with E-state index in [1.807, 2.05) is 73.3 Å². The third-order valence-electron chi connectivity index (χ3n) is 6.00. The largest absolute Gasteiger partial charge is 0.325 e. The number of piperazine rings is 1. The van der Waals surface area contributed by atoms with Gasteiger partial charge in [-0.15, -0.1) is 0 Å². The van der Waals surface area contributed by atoms with Gasteiger partial charge < -0.3 is 10.2 Å². The van der Waals surface area contributed by atoms with Gasteiger partial charge in [0.2, 0.25) is 11.8 Å². The predicted molar refractivity (Wildman–Crippen MR) is 126 cm³/mol. The van der Waals surface area contributed by atoms with Crippen LogP contribution < -0.4 is 10.2 Å². The van der Waals surface area contributed by atoms with Crippen LogP contribution in [-0.4, -0.2) is 66.9 Å². The van der Waals surface area contributed by atoms with Gasteiger partial charge >= 0.3 is 0 Å². The first-order valence-corrected chi connectivity index (χ1v) is 11.2. The molecule has 1 aliphatic rings. The minimum atomic E-state index is -0.187. The van der Waals surface area contributed by atoms with Crippen LogP contribution in [0.25, 0.3) is 0 Å². The molecule has 0 aromatic heterocycles. The average Bonchev–Trinajstić information content (AvgIpc) is 2.80. The smallest absolute Gasteiger partial charge is 0.244 e. The fourth-order valence-corrected chi connectivity index (χ4v) is 4.11. The number of likely N-dealkylation sites (N-methyl/N-ethyl adjacent to an activating group) is 1. The summed E-state index contributed by atoms with van der Waals surface area (Å²) in [7, 11) is 0. The number of nitrogens with one attached hydrogen (secondary N) is 1. The number of anilines is 2. The summed E-state index contributed by atoms with van der Waals surface area (Å²) in [5.41, 5.74) is 2.98. The van der Waals surface area contributed by atoms with Gasteiger partial charge in [0.15, 0.2) is 0 Å². The van der Waals surface area contributed by atoms with Gasteiger partial charge in [-0.05, 0) is 44.0 Å². The zero-order chi connectivity index (χ0) is 22.2. The maximum atomic E-state index is 13.1. The first kappa shape index (κ1) is 23.0. The van der Waals surface area contributed by atoms with E-state index in [9.17, 15) is 9.59 Å². The van der Waals surface area contributed by atoms with Crippen LogP contribution in [0.5, 0.6) is 0 Å². The maximum Gasteiger partial charge on any atom is 0.244 e. The molecule has 2 amide bonds. The summed E-state index contributed by atoms with van der Waals surface area (Å²) >= 11 is 0. The molecule has 0 bridgehead atoms. The maximum absolute atomic E-state index is 13.1. The standard InChI is InChI=1S/C25H34N4O2/c1-4-21-11-9-10-14-23(21)26-24(30)19-27-15-17-28(18-16-27)20(3)25(31)29(5-2)22-12-7-6-8-13-22/h6-14,20H,4-5,15-19H2,1-3H3,(H,26,30)/t20-/m0/s1. The number of carbonyl (C=O) groups is 2. The third-order valence-corrected chi connectivity index (χ3v) is 6.00. The van der Waals surface area contributed by atoms with Gasteiger partial charge in [-0.3, -0.25) is 19.4 Å². The first-order chi connectivity index (χ1) is 15.0. The molecule has 166 valence electrons. The quantitative estimate of drug-likeness (QED) is 0.710. The molecule has 1 N–H and O–H groups in total. The highest BCUT2D eigenvalue weighted by atomic mass is 16.2. The van der Waals surface area contributed by atoms with Gasteiger partial charge in [0, 0.05) is 44.1 Å². The number of rotatable bonds is 8. The number of carbonyl (C=O) groups excluding carboxylic acids is 2. The van der Waals surface area contributed by atoms with Gasteiger partial charge in [-0.25, -0.2) is 0 Å². The Kier molecular flexibility index (Phi) is 8.20. The topological polar surface area (TPSA) is 55.9 Å². The van der Waals surface area contributed by atoms with Gasteiger partial charge in [0.05, 0.1) is 12.6 Å². The molecule has 31 heavy (non-hydrogen) atoms. The molecule has 0 spiro atoms. The van der Waals surface area contributed by atoms with Crippen molar-refractivity contribution in [1.82, 2.24) is 9.80 Å². The molecule has 1 atom stereocenters. The van der Waals surface area contributed by atoms with Crippen molar-refractivity contribution >= 4 is 23.2 Å². The number of para-hydroxylation sites is 2. The van der Waals surface area contributed by atoms with E-state index in [4.69, 9.17) is 0 Å². The Morgan fingerprint density at radius 1 is 0.968 bits per heavy atom. The molecule has 0 saturated carbocycles. The van der Waals surface area contributed by atoms with Gasteiger partial charge in [0.25, 0.3) is 0 Å². The second-order valence-electron chi connectivity index (χ2n) is 7.97. The highest BCUT2D eigenvalue weighted by Gasteiger charge is 2.29. The summed E-state index contributed by atoms with van der Waals surface area (Å²) < 4.78 is 0. The summed E-state index contributed by atoms with van der Waals surface area (Å²) in [6.07, 6.45) is 0.888. The van der Waals surface area contributed by atoms with E-state index in [0.29, 0.717) is 13.1 Å². The molecule has 1 fully saturated rings. The molecule has 1 saturated heterocycles. The number of aryl methyl sites for hydroxylation is 1. The number of nitrogens with zero attached hydrogens (tertiary/aromatic N) is 3. The lowest BCUT2D eigenvalue weighted by Gasteiger charge is -2.38. The average molecular weight is 423 g/mol. The Morgan fingerprint density at radius 3 is 2.26 bits per heavy atom. The minimum absolute atomic E-state index is 0.0136. The van der Waals surface area contributed by atoms with E-state index < -0.39 is 0 Å². The number of hydrogen-bond acceptors (Lipinski definition) is 4. The third kappa shape index (κ3) is 5.93. The summed E-state index contributed by atoms with van der Waals surface area (Å²) in [5, 5.41) is 3.05. The summed E-state index contributed by atoms with van der Waals surface area (Å²) in [5.74, 6) is 0.135. The molecule has 2 aromatic rings. The highest BCUT2D eigenvalue weighted by Crippen LogP contribution is 2.18. The van der Waals surface area contributed by atoms with Crippen LogP contribution in [0.15, 0.2) is 54.6 Å². The molecular formula is C25H34N4O2. The molecular weight excluding hydrogens is 388 g/mol. The Bertz CT molecular complexity index is 863. The molecule has 3 rings (SSSR count). The van der Waals surface area contributed by atoms with E-state index in [1.165, 1.54) is 0 Å². The Labute approximate surface area is 185 Å². The Balaban J connectivity index is 1.50. The van der Waals surface area contributed by atoms with Crippen LogP contribution in [0.2, 0.25) is 0 Å². The second kappa shape index (κ2) is 11.1. The van der Waals surface area contributed by atoms with Crippen molar-refractivity contribution in [3.05, 3.63) is 60.2 Å². The van der Waals surface area contributed by atoms with E-state index in [1.54, 1.807) is 0 Å². The number of amides is 2. The van der Waals surface area contributed by atoms with Crippen LogP contribution >= 0.6 is 0 Å². The van der Waals surface area contributed by atoms with Crippen LogP contribution in [0.1, 0.15) is 26.3 Å². The Morgan fingerprint density at radius 2 is 1.61 bits per heavy atom. The molecule has 0 aliphatic carbocycles. The van der Waals surface area contributed by atoms with Gasteiger partial charge in [-0.2, -0.15) is 0 Å². The molecule has 6 heteroatoms. The second-order valence-corrected chi connectivity index (χ2v) is 7.97. The van der Waals surface area contributed by atoms with Crippen LogP contribution in [0.3, 0.4) is 0 Å². The van der Waals surface area contributed by atoms with E-state index in [0.717, 1.165) is 49.5 Å². The minimum Gasteiger partial charge on any atom is -0.325 e. The predicted octanol–water partition coefficient (Wildman–Crippen LogP) is 3.25. The van der Waals surface area contributed by atoms with E-state index >= 15 is 0 Å². The summed E-state index contributed by atoms with van der Waals surface area (Å²) in [6.45, 7) is 10.2. The van der Waals surface area contributed by atoms with Crippen molar-refractivity contribution in [2.75, 3.05) is 49.5 Å². The van der Waals surface area contributed by atoms with Crippen molar-refractivity contribution < 1.29 is 9.59 Å². The van der Waals surface area contributed by atoms with Crippen molar-refractivity contribution in [2.24, 2.45) is 0 Å². The number of benzene rings is 2. The van der Waals surface area contributed by atoms with E-state index in [2.05, 4.69) is 22.0 Å². The SMILES string of the molecule is CCc1ccccc1NC(=O)CN1CCN([C@@H](C)C(=O)N(CC)c2ccccc2)CC1. The van der Waals surface area contributed by atoms with E-state index in [-0.39, 0.29) is 17.9 Å². The fourth-order valence-electron chi connectivity index (χ4n) is 4.11. The lowest BCUT2D eigenvalue weighted by molar-refractivity contribution is -0.124. The molecule has 1 aliphatic heterocycles. The van der Waals surface area contributed by atoms with Crippen molar-refractivity contribution in [2.45, 2.75) is 33.2 Å². The monoisotopic (exact) mass is 422 g/mol. The molecule has 0 unspecified atom stereocenters. The first-order valence-electron chi connectivity index (χ1n) is 11.2. The highest BCUT2D eigenvalue weighted by molar-refractivity contribution is 5.97. The lowest BCUT2D eigenvalue weighted by Crippen LogP contribution is -2.55. The zero-order valence-electron chi connectivity index (χ0n) is 18.9. The van der Waals surface area contributed by atoms with Crippen LogP contribution in [0.4, 0.5) is 11.4 Å². The van der Waals surface area contributed by atoms with Gasteiger partial charge in [-0.1, -0.05) is 43.3 Å². The Hall–Kier alpha value is -2.70. The fraction of sp³-hybridized carbons (Fsp3) is 0.440. The van der Waals surface area contributed by atoms with Crippen LogP contribution in [-0.2, 0) is 16.0 Å². The number of hydrogen-bond donors (Lipinski definition) is 1. The zero-order valence-corrected chi connectivity index (χ0v) is 18.9. The summed E-state index contributed by atoms with van der Waals surface area (Å²) in [6, 6.07) is 17.6. The molecule has 1 heterocycles. The molecule has 2 aromatic carbocycles. The van der Waals surface area contributed by atoms with Crippen molar-refractivity contribution in [3.63, 3.8) is 0 Å². The van der Waals surface area contributed by atoms with Gasteiger partial charge in [0.1, 0.15) is 0 Å². The summed E-state index contributed by atoms with van der Waals surface area (Å²) in [4.78, 5) is 31.9. The normalized spacial score (nSPS) is 16.0. The van der Waals surface area contributed by atoms with Crippen LogP contribution in [0, 0.1) is 0 Å². The lowest BCUT2D eigenvalue weighted by atomic mass is 10.1.